The molecule has 0 radical (unpaired) electrons. The number of carboxylic acids is 1. The van der Waals surface area contributed by atoms with Gasteiger partial charge in [0.15, 0.2) is 5.75 Å². The van der Waals surface area contributed by atoms with E-state index in [0.717, 1.165) is 6.42 Å². The third kappa shape index (κ3) is 2.75. The number of nitrogens with two attached hydrogens (primary N) is 1. The predicted molar refractivity (Wildman–Crippen MR) is 74.1 cm³/mol. The number of anilines is 1. The number of amides is 1. The molecule has 0 bridgehead atoms. The van der Waals surface area contributed by atoms with Gasteiger partial charge in [-0.05, 0) is 18.6 Å². The number of benzene rings is 1. The molecule has 0 fully saturated rings. The summed E-state index contributed by atoms with van der Waals surface area (Å²) in [4.78, 5) is 25.0. The Morgan fingerprint density at radius 1 is 1.50 bits per heavy atom. The lowest BCUT2D eigenvalue weighted by atomic mass is 10.1. The highest BCUT2D eigenvalue weighted by atomic mass is 16.5. The van der Waals surface area contributed by atoms with Crippen LogP contribution < -0.4 is 15.4 Å². The molecule has 3 N–H and O–H groups in total. The number of ether oxygens (including phenoxy) is 1. The molecule has 1 aliphatic heterocycles. The van der Waals surface area contributed by atoms with Crippen LogP contribution >= 0.6 is 0 Å². The number of carbonyl (C=O) groups excluding carboxylic acids is 1. The van der Waals surface area contributed by atoms with Crippen molar-refractivity contribution in [3.8, 4) is 5.75 Å². The predicted octanol–water partition coefficient (Wildman–Crippen LogP) is 1.24. The molecule has 1 aromatic rings. The van der Waals surface area contributed by atoms with Crippen LogP contribution in [0.2, 0.25) is 0 Å². The Hall–Kier alpha value is -2.08. The minimum absolute atomic E-state index is 0.0692. The fraction of sp³-hybridized carbons (Fsp3) is 0.429. The molecule has 1 aromatic carbocycles. The van der Waals surface area contributed by atoms with Crippen LogP contribution in [-0.2, 0) is 4.79 Å². The molecule has 1 heterocycles. The van der Waals surface area contributed by atoms with Crippen LogP contribution in [-0.4, -0.2) is 36.2 Å². The van der Waals surface area contributed by atoms with Gasteiger partial charge in [-0.25, -0.2) is 4.79 Å². The summed E-state index contributed by atoms with van der Waals surface area (Å²) in [6.45, 7) is 2.61. The maximum Gasteiger partial charge on any atom is 0.339 e. The Morgan fingerprint density at radius 3 is 2.90 bits per heavy atom. The zero-order chi connectivity index (χ0) is 14.7. The standard InChI is InChI=1S/C14H18N2O4/c1-2-9(15)8-12(17)16-6-7-20-13-10(14(18)19)4-3-5-11(13)16/h3-5,9H,2,6-8,15H2,1H3,(H,18,19). The van der Waals surface area contributed by atoms with E-state index in [4.69, 9.17) is 15.6 Å². The Balaban J connectivity index is 2.31. The first kappa shape index (κ1) is 14.3. The van der Waals surface area contributed by atoms with Gasteiger partial charge in [0, 0.05) is 12.5 Å². The van der Waals surface area contributed by atoms with E-state index in [2.05, 4.69) is 0 Å². The van der Waals surface area contributed by atoms with Gasteiger partial charge in [-0.1, -0.05) is 13.0 Å². The molecule has 108 valence electrons. The molecule has 0 saturated carbocycles. The van der Waals surface area contributed by atoms with Crippen molar-refractivity contribution in [3.05, 3.63) is 23.8 Å². The fourth-order valence-electron chi connectivity index (χ4n) is 2.15. The zero-order valence-corrected chi connectivity index (χ0v) is 11.3. The SMILES string of the molecule is CCC(N)CC(=O)N1CCOc2c(C(=O)O)cccc21. The summed E-state index contributed by atoms with van der Waals surface area (Å²) in [5.74, 6) is -0.919. The number of rotatable bonds is 4. The molecular weight excluding hydrogens is 260 g/mol. The molecule has 6 nitrogen and oxygen atoms in total. The smallest absolute Gasteiger partial charge is 0.339 e. The normalized spacial score (nSPS) is 15.2. The minimum atomic E-state index is -1.07. The van der Waals surface area contributed by atoms with Gasteiger partial charge in [0.2, 0.25) is 5.91 Å². The lowest BCUT2D eigenvalue weighted by Gasteiger charge is -2.31. The highest BCUT2D eigenvalue weighted by molar-refractivity contribution is 6.00. The molecular formula is C14H18N2O4. The minimum Gasteiger partial charge on any atom is -0.489 e. The van der Waals surface area contributed by atoms with Crippen molar-refractivity contribution in [3.63, 3.8) is 0 Å². The van der Waals surface area contributed by atoms with E-state index in [0.29, 0.717) is 12.2 Å². The van der Waals surface area contributed by atoms with Crippen molar-refractivity contribution in [2.45, 2.75) is 25.8 Å². The van der Waals surface area contributed by atoms with Gasteiger partial charge in [0.05, 0.1) is 12.2 Å². The second kappa shape index (κ2) is 5.92. The quantitative estimate of drug-likeness (QED) is 0.864. The summed E-state index contributed by atoms with van der Waals surface area (Å²) in [5, 5.41) is 9.15. The van der Waals surface area contributed by atoms with E-state index < -0.39 is 5.97 Å². The molecule has 20 heavy (non-hydrogen) atoms. The molecule has 0 saturated heterocycles. The lowest BCUT2D eigenvalue weighted by Crippen LogP contribution is -2.41. The first-order chi connectivity index (χ1) is 9.54. The van der Waals surface area contributed by atoms with Crippen LogP contribution in [0, 0.1) is 0 Å². The number of nitrogens with zero attached hydrogens (tertiary/aromatic N) is 1. The zero-order valence-electron chi connectivity index (χ0n) is 11.3. The van der Waals surface area contributed by atoms with Crippen LogP contribution in [0.15, 0.2) is 18.2 Å². The molecule has 6 heteroatoms. The molecule has 0 aromatic heterocycles. The molecule has 0 spiro atoms. The second-order valence-electron chi connectivity index (χ2n) is 4.73. The number of carbonyl (C=O) groups is 2. The first-order valence-corrected chi connectivity index (χ1v) is 6.59. The summed E-state index contributed by atoms with van der Waals surface area (Å²) in [6.07, 6.45) is 0.964. The molecule has 1 amide bonds. The van der Waals surface area contributed by atoms with Gasteiger partial charge in [0.1, 0.15) is 12.2 Å². The Labute approximate surface area is 117 Å². The van der Waals surface area contributed by atoms with Crippen LogP contribution in [0.25, 0.3) is 0 Å². The van der Waals surface area contributed by atoms with Crippen LogP contribution in [0.5, 0.6) is 5.75 Å². The van der Waals surface area contributed by atoms with Crippen molar-refractivity contribution >= 4 is 17.6 Å². The third-order valence-electron chi connectivity index (χ3n) is 3.34. The Kier molecular flexibility index (Phi) is 4.24. The van der Waals surface area contributed by atoms with Crippen molar-refractivity contribution in [2.24, 2.45) is 5.73 Å². The molecule has 1 atom stereocenters. The molecule has 1 unspecified atom stereocenters. The summed E-state index contributed by atoms with van der Waals surface area (Å²) >= 11 is 0. The third-order valence-corrected chi connectivity index (χ3v) is 3.34. The van der Waals surface area contributed by atoms with Gasteiger partial charge in [-0.2, -0.15) is 0 Å². The van der Waals surface area contributed by atoms with Crippen LogP contribution in [0.1, 0.15) is 30.1 Å². The van der Waals surface area contributed by atoms with Crippen molar-refractivity contribution in [1.29, 1.82) is 0 Å². The van der Waals surface area contributed by atoms with Crippen LogP contribution in [0.3, 0.4) is 0 Å². The van der Waals surface area contributed by atoms with Crippen molar-refractivity contribution < 1.29 is 19.4 Å². The van der Waals surface area contributed by atoms with Gasteiger partial charge >= 0.3 is 5.97 Å². The van der Waals surface area contributed by atoms with E-state index in [-0.39, 0.29) is 36.3 Å². The number of hydrogen-bond donors (Lipinski definition) is 2. The van der Waals surface area contributed by atoms with Gasteiger partial charge in [-0.3, -0.25) is 4.79 Å². The van der Waals surface area contributed by atoms with Crippen molar-refractivity contribution in [2.75, 3.05) is 18.1 Å². The number of fused-ring (bicyclic) bond motifs is 1. The fourth-order valence-corrected chi connectivity index (χ4v) is 2.15. The summed E-state index contributed by atoms with van der Waals surface area (Å²) in [6, 6.07) is 4.58. The number of para-hydroxylation sites is 1. The maximum atomic E-state index is 12.3. The molecule has 2 rings (SSSR count). The van der Waals surface area contributed by atoms with E-state index in [1.165, 1.54) is 6.07 Å². The lowest BCUT2D eigenvalue weighted by molar-refractivity contribution is -0.119. The Bertz CT molecular complexity index is 530. The molecule has 1 aliphatic rings. The summed E-state index contributed by atoms with van der Waals surface area (Å²) in [5.41, 5.74) is 6.38. The number of carboxylic acid groups (broad SMARTS) is 1. The summed E-state index contributed by atoms with van der Waals surface area (Å²) in [7, 11) is 0. The van der Waals surface area contributed by atoms with E-state index >= 15 is 0 Å². The largest absolute Gasteiger partial charge is 0.489 e. The second-order valence-corrected chi connectivity index (χ2v) is 4.73. The average Bonchev–Trinajstić information content (AvgIpc) is 2.45. The first-order valence-electron chi connectivity index (χ1n) is 6.59. The summed E-state index contributed by atoms with van der Waals surface area (Å²) < 4.78 is 5.42. The molecule has 0 aliphatic carbocycles. The van der Waals surface area contributed by atoms with Crippen molar-refractivity contribution in [1.82, 2.24) is 0 Å². The van der Waals surface area contributed by atoms with Gasteiger partial charge in [0.25, 0.3) is 0 Å². The topological polar surface area (TPSA) is 92.9 Å². The monoisotopic (exact) mass is 278 g/mol. The van der Waals surface area contributed by atoms with E-state index in [1.807, 2.05) is 6.92 Å². The van der Waals surface area contributed by atoms with E-state index in [1.54, 1.807) is 17.0 Å². The Morgan fingerprint density at radius 2 is 2.25 bits per heavy atom. The number of hydrogen-bond acceptors (Lipinski definition) is 4. The van der Waals surface area contributed by atoms with E-state index in [9.17, 15) is 9.59 Å². The highest BCUT2D eigenvalue weighted by Gasteiger charge is 2.27. The number of aromatic carboxylic acids is 1. The highest BCUT2D eigenvalue weighted by Crippen LogP contribution is 2.35. The average molecular weight is 278 g/mol. The maximum absolute atomic E-state index is 12.3. The van der Waals surface area contributed by atoms with Gasteiger partial charge in [-0.15, -0.1) is 0 Å². The van der Waals surface area contributed by atoms with Crippen LogP contribution in [0.4, 0.5) is 5.69 Å². The van der Waals surface area contributed by atoms with Gasteiger partial charge < -0.3 is 20.5 Å².